The first-order valence-electron chi connectivity index (χ1n) is 7.95. The Balaban J connectivity index is 1.95. The molecule has 0 saturated heterocycles. The van der Waals surface area contributed by atoms with E-state index in [0.717, 1.165) is 17.9 Å². The lowest BCUT2D eigenvalue weighted by Gasteiger charge is -2.13. The molecule has 0 bridgehead atoms. The highest BCUT2D eigenvalue weighted by molar-refractivity contribution is 7.09. The van der Waals surface area contributed by atoms with E-state index in [0.29, 0.717) is 19.0 Å². The van der Waals surface area contributed by atoms with Gasteiger partial charge in [0.25, 0.3) is 0 Å². The summed E-state index contributed by atoms with van der Waals surface area (Å²) in [7, 11) is 0. The van der Waals surface area contributed by atoms with E-state index in [1.54, 1.807) is 11.3 Å². The molecule has 0 fully saturated rings. The van der Waals surface area contributed by atoms with Crippen molar-refractivity contribution < 1.29 is 4.74 Å². The van der Waals surface area contributed by atoms with E-state index in [1.165, 1.54) is 4.88 Å². The molecule has 24 heavy (non-hydrogen) atoms. The summed E-state index contributed by atoms with van der Waals surface area (Å²) in [4.78, 5) is 5.90. The van der Waals surface area contributed by atoms with Crippen LogP contribution in [0, 0.1) is 12.3 Å². The highest BCUT2D eigenvalue weighted by atomic mass is 32.1. The van der Waals surface area contributed by atoms with Gasteiger partial charge in [0.2, 0.25) is 0 Å². The molecular formula is C19H23N3OS. The maximum Gasteiger partial charge on any atom is 0.196 e. The fraction of sp³-hybridized carbons (Fsp3) is 0.316. The van der Waals surface area contributed by atoms with Gasteiger partial charge >= 0.3 is 0 Å². The lowest BCUT2D eigenvalue weighted by atomic mass is 10.3. The minimum Gasteiger partial charge on any atom is -0.491 e. The maximum atomic E-state index is 5.65. The molecule has 0 amide bonds. The molecule has 0 unspecified atom stereocenters. The van der Waals surface area contributed by atoms with Gasteiger partial charge in [-0.05, 0) is 49.6 Å². The van der Waals surface area contributed by atoms with Gasteiger partial charge in [-0.15, -0.1) is 17.8 Å². The highest BCUT2D eigenvalue weighted by Crippen LogP contribution is 2.17. The molecule has 0 aliphatic heterocycles. The summed E-state index contributed by atoms with van der Waals surface area (Å²) in [6, 6.07) is 12.0. The van der Waals surface area contributed by atoms with Crippen molar-refractivity contribution >= 4 is 23.0 Å². The first-order chi connectivity index (χ1) is 11.7. The van der Waals surface area contributed by atoms with Crippen molar-refractivity contribution in [1.29, 1.82) is 0 Å². The average molecular weight is 341 g/mol. The molecule has 2 aromatic rings. The van der Waals surface area contributed by atoms with Crippen molar-refractivity contribution in [2.45, 2.75) is 26.4 Å². The second kappa shape index (κ2) is 9.64. The number of hydrogen-bond acceptors (Lipinski definition) is 3. The number of hydrogen-bond donors (Lipinski definition) is 2. The minimum atomic E-state index is 0.162. The number of aliphatic imine (C=N–C) groups is 1. The van der Waals surface area contributed by atoms with Crippen molar-refractivity contribution in [3.8, 4) is 18.1 Å². The average Bonchev–Trinajstić information content (AvgIpc) is 3.07. The third-order valence-electron chi connectivity index (χ3n) is 3.05. The summed E-state index contributed by atoms with van der Waals surface area (Å²) in [5.74, 6) is 4.10. The Bertz CT molecular complexity index is 670. The zero-order valence-corrected chi connectivity index (χ0v) is 14.9. The van der Waals surface area contributed by atoms with Crippen LogP contribution < -0.4 is 15.4 Å². The van der Waals surface area contributed by atoms with Gasteiger partial charge in [-0.25, -0.2) is 0 Å². The molecule has 1 heterocycles. The number of thiophene rings is 1. The van der Waals surface area contributed by atoms with Crippen LogP contribution >= 0.6 is 11.3 Å². The van der Waals surface area contributed by atoms with Crippen LogP contribution in [0.25, 0.3) is 0 Å². The van der Waals surface area contributed by atoms with Gasteiger partial charge in [0.05, 0.1) is 12.6 Å². The Labute approximate surface area is 148 Å². The molecule has 4 nitrogen and oxygen atoms in total. The quantitative estimate of drug-likeness (QED) is 0.458. The summed E-state index contributed by atoms with van der Waals surface area (Å²) in [6.07, 6.45) is 6.41. The van der Waals surface area contributed by atoms with E-state index in [2.05, 4.69) is 39.1 Å². The van der Waals surface area contributed by atoms with Crippen molar-refractivity contribution in [3.63, 3.8) is 0 Å². The van der Waals surface area contributed by atoms with E-state index < -0.39 is 0 Å². The highest BCUT2D eigenvalue weighted by Gasteiger charge is 2.02. The van der Waals surface area contributed by atoms with E-state index in [9.17, 15) is 0 Å². The molecule has 2 N–H and O–H groups in total. The van der Waals surface area contributed by atoms with Crippen LogP contribution in [0.3, 0.4) is 0 Å². The van der Waals surface area contributed by atoms with Crippen LogP contribution in [0.2, 0.25) is 0 Å². The number of terminal acetylenes is 1. The van der Waals surface area contributed by atoms with E-state index >= 15 is 0 Å². The number of nitrogens with one attached hydrogen (secondary N) is 2. The third kappa shape index (κ3) is 6.35. The van der Waals surface area contributed by atoms with Gasteiger partial charge < -0.3 is 15.4 Å². The van der Waals surface area contributed by atoms with Gasteiger partial charge in [-0.3, -0.25) is 4.99 Å². The Morgan fingerprint density at radius 1 is 1.29 bits per heavy atom. The molecule has 5 heteroatoms. The number of anilines is 1. The van der Waals surface area contributed by atoms with Gasteiger partial charge in [0, 0.05) is 23.5 Å². The molecule has 1 aromatic carbocycles. The van der Waals surface area contributed by atoms with E-state index in [4.69, 9.17) is 11.2 Å². The molecule has 126 valence electrons. The summed E-state index contributed by atoms with van der Waals surface area (Å²) in [6.45, 7) is 5.15. The van der Waals surface area contributed by atoms with Gasteiger partial charge in [-0.2, -0.15) is 0 Å². The van der Waals surface area contributed by atoms with Crippen molar-refractivity contribution in [2.75, 3.05) is 18.4 Å². The monoisotopic (exact) mass is 341 g/mol. The fourth-order valence-electron chi connectivity index (χ4n) is 2.03. The summed E-state index contributed by atoms with van der Waals surface area (Å²) in [5, 5.41) is 8.46. The molecule has 0 aliphatic rings. The SMILES string of the molecule is C#CCNC(=NCCc1cccs1)Nc1ccc(OC(C)C)cc1. The predicted molar refractivity (Wildman–Crippen MR) is 103 cm³/mol. The molecule has 0 saturated carbocycles. The molecule has 0 aliphatic carbocycles. The Morgan fingerprint density at radius 2 is 2.08 bits per heavy atom. The second-order valence-electron chi connectivity index (χ2n) is 5.43. The third-order valence-corrected chi connectivity index (χ3v) is 3.99. The summed E-state index contributed by atoms with van der Waals surface area (Å²) < 4.78 is 5.65. The zero-order chi connectivity index (χ0) is 17.2. The van der Waals surface area contributed by atoms with Crippen LogP contribution in [-0.4, -0.2) is 25.2 Å². The zero-order valence-electron chi connectivity index (χ0n) is 14.1. The van der Waals surface area contributed by atoms with E-state index in [1.807, 2.05) is 38.1 Å². The lowest BCUT2D eigenvalue weighted by molar-refractivity contribution is 0.242. The van der Waals surface area contributed by atoms with Crippen molar-refractivity contribution in [3.05, 3.63) is 46.7 Å². The van der Waals surface area contributed by atoms with Crippen LogP contribution in [0.1, 0.15) is 18.7 Å². The Morgan fingerprint density at radius 3 is 2.71 bits per heavy atom. The standard InChI is InChI=1S/C19H23N3OS/c1-4-12-20-19(21-13-11-18-6-5-14-24-18)22-16-7-9-17(10-8-16)23-15(2)3/h1,5-10,14-15H,11-13H2,2-3H3,(H2,20,21,22). The van der Waals surface area contributed by atoms with Crippen molar-refractivity contribution in [1.82, 2.24) is 5.32 Å². The van der Waals surface area contributed by atoms with Crippen LogP contribution in [0.5, 0.6) is 5.75 Å². The number of benzene rings is 1. The molecular weight excluding hydrogens is 318 g/mol. The topological polar surface area (TPSA) is 45.7 Å². The molecule has 0 radical (unpaired) electrons. The Hall–Kier alpha value is -2.45. The van der Waals surface area contributed by atoms with Gasteiger partial charge in [-0.1, -0.05) is 12.0 Å². The van der Waals surface area contributed by atoms with E-state index in [-0.39, 0.29) is 6.10 Å². The summed E-state index contributed by atoms with van der Waals surface area (Å²) in [5.41, 5.74) is 0.936. The van der Waals surface area contributed by atoms with Crippen molar-refractivity contribution in [2.24, 2.45) is 4.99 Å². The number of rotatable bonds is 7. The second-order valence-corrected chi connectivity index (χ2v) is 6.47. The van der Waals surface area contributed by atoms with Crippen LogP contribution in [-0.2, 0) is 6.42 Å². The fourth-order valence-corrected chi connectivity index (χ4v) is 2.73. The molecule has 1 aromatic heterocycles. The first kappa shape index (κ1) is 17.9. The first-order valence-corrected chi connectivity index (χ1v) is 8.83. The smallest absolute Gasteiger partial charge is 0.196 e. The molecule has 2 rings (SSSR count). The largest absolute Gasteiger partial charge is 0.491 e. The maximum absolute atomic E-state index is 5.65. The van der Waals surface area contributed by atoms with Gasteiger partial charge in [0.15, 0.2) is 5.96 Å². The van der Waals surface area contributed by atoms with Gasteiger partial charge in [0.1, 0.15) is 5.75 Å². The normalized spacial score (nSPS) is 11.2. The Kier molecular flexibility index (Phi) is 7.19. The summed E-state index contributed by atoms with van der Waals surface area (Å²) >= 11 is 1.75. The molecule has 0 spiro atoms. The molecule has 0 atom stereocenters. The number of ether oxygens (including phenoxy) is 1. The minimum absolute atomic E-state index is 0.162. The van der Waals surface area contributed by atoms with Crippen LogP contribution in [0.15, 0.2) is 46.8 Å². The lowest BCUT2D eigenvalue weighted by Crippen LogP contribution is -2.31. The number of guanidine groups is 1. The predicted octanol–water partition coefficient (Wildman–Crippen LogP) is 3.77. The van der Waals surface area contributed by atoms with Crippen LogP contribution in [0.4, 0.5) is 5.69 Å². The number of nitrogens with zero attached hydrogens (tertiary/aromatic N) is 1.